The van der Waals surface area contributed by atoms with Gasteiger partial charge in [0.1, 0.15) is 5.82 Å². The van der Waals surface area contributed by atoms with Crippen LogP contribution < -0.4 is 0 Å². The van der Waals surface area contributed by atoms with E-state index in [1.165, 1.54) is 5.56 Å². The van der Waals surface area contributed by atoms with E-state index in [0.717, 1.165) is 34.0 Å². The van der Waals surface area contributed by atoms with Crippen molar-refractivity contribution in [3.8, 4) is 0 Å². The van der Waals surface area contributed by atoms with Gasteiger partial charge in [0.05, 0.1) is 11.0 Å². The van der Waals surface area contributed by atoms with Crippen molar-refractivity contribution in [1.29, 1.82) is 0 Å². The highest BCUT2D eigenvalue weighted by Gasteiger charge is 2.08. The average Bonchev–Trinajstić information content (AvgIpc) is 3.00. The van der Waals surface area contributed by atoms with Gasteiger partial charge in [-0.25, -0.2) is 4.98 Å². The fourth-order valence-electron chi connectivity index (χ4n) is 2.89. The molecule has 0 radical (unpaired) electrons. The second-order valence-electron chi connectivity index (χ2n) is 5.92. The Morgan fingerprint density at radius 2 is 1.50 bits per heavy atom. The van der Waals surface area contributed by atoms with Crippen LogP contribution in [0.5, 0.6) is 0 Å². The molecule has 0 amide bonds. The molecule has 4 rings (SSSR count). The third kappa shape index (κ3) is 3.98. The molecule has 1 aromatic heterocycles. The summed E-state index contributed by atoms with van der Waals surface area (Å²) in [6, 6.07) is 26.5. The summed E-state index contributed by atoms with van der Waals surface area (Å²) >= 11 is 6.01. The molecule has 0 saturated heterocycles. The Labute approximate surface area is 164 Å². The number of para-hydroxylation sites is 2. The zero-order valence-electron chi connectivity index (χ0n) is 14.0. The molecule has 0 atom stereocenters. The summed E-state index contributed by atoms with van der Waals surface area (Å²) in [7, 11) is 0. The number of hydrogen-bond donors (Lipinski definition) is 0. The van der Waals surface area contributed by atoms with Gasteiger partial charge in [-0.3, -0.25) is 0 Å². The summed E-state index contributed by atoms with van der Waals surface area (Å²) < 4.78 is 2.23. The number of rotatable bonds is 4. The molecule has 2 nitrogen and oxygen atoms in total. The summed E-state index contributed by atoms with van der Waals surface area (Å²) in [5, 5.41) is 0.753. The number of hydrogen-bond acceptors (Lipinski definition) is 1. The summed E-state index contributed by atoms with van der Waals surface area (Å²) in [5.41, 5.74) is 4.49. The van der Waals surface area contributed by atoms with Crippen LogP contribution in [0.25, 0.3) is 23.2 Å². The van der Waals surface area contributed by atoms with Crippen molar-refractivity contribution in [2.24, 2.45) is 0 Å². The molecule has 0 bridgehead atoms. The van der Waals surface area contributed by atoms with Gasteiger partial charge in [0.2, 0.25) is 0 Å². The van der Waals surface area contributed by atoms with Crippen LogP contribution in [0.4, 0.5) is 0 Å². The molecular weight excluding hydrogens is 363 g/mol. The van der Waals surface area contributed by atoms with E-state index in [9.17, 15) is 0 Å². The Balaban J connectivity index is 0.00000196. The summed E-state index contributed by atoms with van der Waals surface area (Å²) in [6.45, 7) is 0.756. The second kappa shape index (κ2) is 8.22. The number of aromatic nitrogens is 2. The van der Waals surface area contributed by atoms with E-state index in [-0.39, 0.29) is 12.4 Å². The molecule has 0 aliphatic heterocycles. The maximum absolute atomic E-state index is 6.01. The van der Waals surface area contributed by atoms with Gasteiger partial charge in [0, 0.05) is 11.6 Å². The van der Waals surface area contributed by atoms with Gasteiger partial charge in [-0.05, 0) is 41.5 Å². The number of imidazole rings is 1. The van der Waals surface area contributed by atoms with E-state index in [2.05, 4.69) is 47.1 Å². The molecular formula is C22H18Cl2N2. The van der Waals surface area contributed by atoms with E-state index in [1.807, 2.05) is 48.5 Å². The number of fused-ring (bicyclic) bond motifs is 1. The van der Waals surface area contributed by atoms with Gasteiger partial charge in [-0.1, -0.05) is 72.3 Å². The van der Waals surface area contributed by atoms with Gasteiger partial charge in [-0.15, -0.1) is 12.4 Å². The zero-order valence-corrected chi connectivity index (χ0v) is 15.6. The average molecular weight is 381 g/mol. The lowest BCUT2D eigenvalue weighted by atomic mass is 10.2. The third-order valence-electron chi connectivity index (χ3n) is 4.16. The van der Waals surface area contributed by atoms with Gasteiger partial charge in [0.25, 0.3) is 0 Å². The first-order valence-electron chi connectivity index (χ1n) is 8.22. The van der Waals surface area contributed by atoms with Crippen molar-refractivity contribution >= 4 is 47.2 Å². The third-order valence-corrected chi connectivity index (χ3v) is 4.41. The van der Waals surface area contributed by atoms with Crippen LogP contribution in [0.2, 0.25) is 5.02 Å². The molecule has 0 fully saturated rings. The molecule has 0 unspecified atom stereocenters. The van der Waals surface area contributed by atoms with Crippen molar-refractivity contribution in [2.75, 3.05) is 0 Å². The monoisotopic (exact) mass is 380 g/mol. The van der Waals surface area contributed by atoms with E-state index < -0.39 is 0 Å². The molecule has 0 saturated carbocycles. The van der Waals surface area contributed by atoms with Gasteiger partial charge >= 0.3 is 0 Å². The van der Waals surface area contributed by atoms with Crippen LogP contribution >= 0.6 is 24.0 Å². The Morgan fingerprint density at radius 3 is 2.27 bits per heavy atom. The zero-order chi connectivity index (χ0) is 17.1. The maximum atomic E-state index is 6.01. The minimum Gasteiger partial charge on any atom is -0.320 e. The van der Waals surface area contributed by atoms with Crippen LogP contribution in [0, 0.1) is 0 Å². The highest BCUT2D eigenvalue weighted by atomic mass is 35.5. The van der Waals surface area contributed by atoms with Gasteiger partial charge in [-0.2, -0.15) is 0 Å². The van der Waals surface area contributed by atoms with Crippen molar-refractivity contribution < 1.29 is 0 Å². The summed E-state index contributed by atoms with van der Waals surface area (Å²) in [6.07, 6.45) is 4.17. The molecule has 0 aliphatic carbocycles. The van der Waals surface area contributed by atoms with E-state index in [4.69, 9.17) is 16.6 Å². The minimum absolute atomic E-state index is 0. The Hall–Kier alpha value is -2.55. The minimum atomic E-state index is 0. The van der Waals surface area contributed by atoms with Crippen molar-refractivity contribution in [3.63, 3.8) is 0 Å². The molecule has 26 heavy (non-hydrogen) atoms. The van der Waals surface area contributed by atoms with E-state index in [1.54, 1.807) is 0 Å². The lowest BCUT2D eigenvalue weighted by Gasteiger charge is -2.07. The molecule has 4 aromatic rings. The lowest BCUT2D eigenvalue weighted by molar-refractivity contribution is 0.814. The highest BCUT2D eigenvalue weighted by Crippen LogP contribution is 2.20. The molecule has 3 aromatic carbocycles. The maximum Gasteiger partial charge on any atom is 0.134 e. The SMILES string of the molecule is Cl.Clc1ccc(Cn2c(/C=C/c3ccccc3)nc3ccccc32)cc1. The number of halogens is 2. The standard InChI is InChI=1S/C22H17ClN2.ClH/c23-19-13-10-18(11-14-19)16-25-21-9-5-4-8-20(21)24-22(25)15-12-17-6-2-1-3-7-17;/h1-15H,16H2;1H/b15-12+;. The quantitative estimate of drug-likeness (QED) is 0.404. The lowest BCUT2D eigenvalue weighted by Crippen LogP contribution is -2.02. The predicted molar refractivity (Wildman–Crippen MR) is 113 cm³/mol. The van der Waals surface area contributed by atoms with Crippen molar-refractivity contribution in [3.05, 3.63) is 101 Å². The van der Waals surface area contributed by atoms with E-state index >= 15 is 0 Å². The first-order valence-corrected chi connectivity index (χ1v) is 8.60. The largest absolute Gasteiger partial charge is 0.320 e. The summed E-state index contributed by atoms with van der Waals surface area (Å²) in [5.74, 6) is 0.944. The normalized spacial score (nSPS) is 11.0. The Bertz CT molecular complexity index is 1020. The van der Waals surface area contributed by atoms with Crippen LogP contribution in [0.15, 0.2) is 78.9 Å². The number of benzene rings is 3. The predicted octanol–water partition coefficient (Wildman–Crippen LogP) is 6.33. The number of nitrogens with zero attached hydrogens (tertiary/aromatic N) is 2. The van der Waals surface area contributed by atoms with Crippen LogP contribution in [0.1, 0.15) is 17.0 Å². The fraction of sp³-hybridized carbons (Fsp3) is 0.0455. The van der Waals surface area contributed by atoms with E-state index in [0.29, 0.717) is 0 Å². The highest BCUT2D eigenvalue weighted by molar-refractivity contribution is 6.30. The Kier molecular flexibility index (Phi) is 5.77. The first kappa shape index (κ1) is 18.2. The molecule has 0 N–H and O–H groups in total. The van der Waals surface area contributed by atoms with Crippen molar-refractivity contribution in [1.82, 2.24) is 9.55 Å². The van der Waals surface area contributed by atoms with Crippen molar-refractivity contribution in [2.45, 2.75) is 6.54 Å². The molecule has 0 aliphatic rings. The molecule has 4 heteroatoms. The van der Waals surface area contributed by atoms with Crippen LogP contribution in [-0.4, -0.2) is 9.55 Å². The Morgan fingerprint density at radius 1 is 0.808 bits per heavy atom. The van der Waals surface area contributed by atoms with Gasteiger partial charge in [0.15, 0.2) is 0 Å². The second-order valence-corrected chi connectivity index (χ2v) is 6.35. The molecule has 130 valence electrons. The van der Waals surface area contributed by atoms with Gasteiger partial charge < -0.3 is 4.57 Å². The summed E-state index contributed by atoms with van der Waals surface area (Å²) in [4.78, 5) is 4.79. The van der Waals surface area contributed by atoms with Crippen LogP contribution in [-0.2, 0) is 6.54 Å². The topological polar surface area (TPSA) is 17.8 Å². The molecule has 0 spiro atoms. The fourth-order valence-corrected chi connectivity index (χ4v) is 3.02. The first-order chi connectivity index (χ1) is 12.3. The van der Waals surface area contributed by atoms with Crippen LogP contribution in [0.3, 0.4) is 0 Å². The molecule has 1 heterocycles. The smallest absolute Gasteiger partial charge is 0.134 e.